The largest absolute Gasteiger partial charge is 0.325 e. The predicted molar refractivity (Wildman–Crippen MR) is 80.7 cm³/mol. The Morgan fingerprint density at radius 1 is 1.05 bits per heavy atom. The van der Waals surface area contributed by atoms with E-state index in [2.05, 4.69) is 10.2 Å². The molecule has 1 saturated heterocycles. The van der Waals surface area contributed by atoms with E-state index in [4.69, 9.17) is 0 Å². The van der Waals surface area contributed by atoms with Crippen molar-refractivity contribution in [3.63, 3.8) is 0 Å². The fourth-order valence-electron chi connectivity index (χ4n) is 4.28. The molecule has 2 amide bonds. The lowest BCUT2D eigenvalue weighted by Gasteiger charge is -2.42. The number of hydrogen-bond acceptors (Lipinski definition) is 2. The summed E-state index contributed by atoms with van der Waals surface area (Å²) in [5.74, 6) is 0. The van der Waals surface area contributed by atoms with E-state index < -0.39 is 0 Å². The van der Waals surface area contributed by atoms with Crippen LogP contribution in [0.4, 0.5) is 4.79 Å². The summed E-state index contributed by atoms with van der Waals surface area (Å²) >= 11 is 0. The van der Waals surface area contributed by atoms with Gasteiger partial charge in [0.05, 0.1) is 0 Å². The van der Waals surface area contributed by atoms with E-state index >= 15 is 0 Å². The number of piperidine rings is 1. The van der Waals surface area contributed by atoms with Gasteiger partial charge in [-0.25, -0.2) is 4.79 Å². The quantitative estimate of drug-likeness (QED) is 0.843. The third kappa shape index (κ3) is 2.54. The molecule has 4 nitrogen and oxygen atoms in total. The second kappa shape index (κ2) is 5.55. The lowest BCUT2D eigenvalue weighted by atomic mass is 9.89. The van der Waals surface area contributed by atoms with Crippen LogP contribution in [0.2, 0.25) is 0 Å². The lowest BCUT2D eigenvalue weighted by molar-refractivity contribution is 0.0961. The van der Waals surface area contributed by atoms with Gasteiger partial charge in [0, 0.05) is 38.1 Å². The fraction of sp³-hybridized carbons (Fsp3) is 0.938. The number of carbonyl (C=O) groups is 1. The van der Waals surface area contributed by atoms with Gasteiger partial charge in [0.1, 0.15) is 0 Å². The summed E-state index contributed by atoms with van der Waals surface area (Å²) in [6, 6.07) is 1.16. The molecule has 0 aromatic carbocycles. The summed E-state index contributed by atoms with van der Waals surface area (Å²) in [7, 11) is 4.03. The van der Waals surface area contributed by atoms with Gasteiger partial charge in [0.2, 0.25) is 0 Å². The number of nitrogens with zero attached hydrogens (tertiary/aromatic N) is 2. The van der Waals surface area contributed by atoms with Gasteiger partial charge >= 0.3 is 6.03 Å². The average molecular weight is 279 g/mol. The molecule has 0 radical (unpaired) electrons. The van der Waals surface area contributed by atoms with Crippen LogP contribution in [0.25, 0.3) is 0 Å². The highest BCUT2D eigenvalue weighted by Gasteiger charge is 2.53. The van der Waals surface area contributed by atoms with Crippen molar-refractivity contribution in [1.29, 1.82) is 0 Å². The number of carbonyl (C=O) groups excluding carboxylic acids is 1. The lowest BCUT2D eigenvalue weighted by Crippen LogP contribution is -2.55. The summed E-state index contributed by atoms with van der Waals surface area (Å²) in [5.41, 5.74) is 0.399. The first-order valence-corrected chi connectivity index (χ1v) is 8.34. The molecule has 3 rings (SSSR count). The molecule has 3 fully saturated rings. The molecule has 0 aromatic rings. The molecule has 1 heterocycles. The highest BCUT2D eigenvalue weighted by molar-refractivity contribution is 5.74. The van der Waals surface area contributed by atoms with E-state index in [0.29, 0.717) is 17.5 Å². The average Bonchev–Trinajstić information content (AvgIpc) is 3.26. The van der Waals surface area contributed by atoms with Crippen molar-refractivity contribution in [3.05, 3.63) is 0 Å². The normalized spacial score (nSPS) is 29.2. The second-order valence-electron chi connectivity index (χ2n) is 7.14. The van der Waals surface area contributed by atoms with Crippen LogP contribution in [0.1, 0.15) is 51.4 Å². The molecule has 1 N–H and O–H groups in total. The standard InChI is InChI=1S/C16H29N3O/c1-18(13-6-4-3-5-7-13)15(20)19(2)14-8-11-17-12-16(14)9-10-16/h13-14,17H,3-12H2,1-2H3. The van der Waals surface area contributed by atoms with E-state index in [-0.39, 0.29) is 6.03 Å². The zero-order valence-electron chi connectivity index (χ0n) is 13.0. The van der Waals surface area contributed by atoms with E-state index in [1.165, 1.54) is 44.9 Å². The second-order valence-corrected chi connectivity index (χ2v) is 7.14. The Balaban J connectivity index is 1.63. The number of urea groups is 1. The van der Waals surface area contributed by atoms with Gasteiger partial charge in [-0.2, -0.15) is 0 Å². The van der Waals surface area contributed by atoms with Crippen molar-refractivity contribution < 1.29 is 4.79 Å². The Morgan fingerprint density at radius 2 is 1.75 bits per heavy atom. The van der Waals surface area contributed by atoms with Crippen molar-refractivity contribution in [2.45, 2.75) is 63.5 Å². The molecule has 0 aromatic heterocycles. The summed E-state index contributed by atoms with van der Waals surface area (Å²) in [5, 5.41) is 3.50. The van der Waals surface area contributed by atoms with E-state index in [0.717, 1.165) is 19.5 Å². The number of nitrogens with one attached hydrogen (secondary N) is 1. The topological polar surface area (TPSA) is 35.6 Å². The van der Waals surface area contributed by atoms with Gasteiger partial charge < -0.3 is 15.1 Å². The molecule has 20 heavy (non-hydrogen) atoms. The van der Waals surface area contributed by atoms with Gasteiger partial charge in [-0.05, 0) is 38.6 Å². The highest BCUT2D eigenvalue weighted by Crippen LogP contribution is 2.52. The minimum absolute atomic E-state index is 0.245. The van der Waals surface area contributed by atoms with Crippen LogP contribution < -0.4 is 5.32 Å². The molecule has 2 aliphatic carbocycles. The van der Waals surface area contributed by atoms with Crippen molar-refractivity contribution in [2.75, 3.05) is 27.2 Å². The number of amides is 2. The van der Waals surface area contributed by atoms with Gasteiger partial charge in [-0.15, -0.1) is 0 Å². The number of hydrogen-bond donors (Lipinski definition) is 1. The molecule has 1 atom stereocenters. The van der Waals surface area contributed by atoms with Crippen LogP contribution in [0.15, 0.2) is 0 Å². The zero-order valence-corrected chi connectivity index (χ0v) is 13.0. The monoisotopic (exact) mass is 279 g/mol. The Labute approximate surface area is 122 Å². The smallest absolute Gasteiger partial charge is 0.320 e. The summed E-state index contributed by atoms with van der Waals surface area (Å²) in [4.78, 5) is 16.9. The summed E-state index contributed by atoms with van der Waals surface area (Å²) < 4.78 is 0. The Hall–Kier alpha value is -0.770. The molecule has 0 bridgehead atoms. The molecule has 3 aliphatic rings. The van der Waals surface area contributed by atoms with Gasteiger partial charge in [-0.3, -0.25) is 0 Å². The molecule has 1 unspecified atom stereocenters. The summed E-state index contributed by atoms with van der Waals surface area (Å²) in [6.45, 7) is 2.15. The third-order valence-corrected chi connectivity index (χ3v) is 5.86. The molecule has 1 spiro atoms. The first-order chi connectivity index (χ1) is 9.64. The maximum absolute atomic E-state index is 12.8. The molecular formula is C16H29N3O. The zero-order chi connectivity index (χ0) is 14.2. The van der Waals surface area contributed by atoms with Crippen LogP contribution in [0.3, 0.4) is 0 Å². The fourth-order valence-corrected chi connectivity index (χ4v) is 4.28. The minimum atomic E-state index is 0.245. The molecule has 4 heteroatoms. The molecular weight excluding hydrogens is 250 g/mol. The van der Waals surface area contributed by atoms with Crippen molar-refractivity contribution in [2.24, 2.45) is 5.41 Å². The Morgan fingerprint density at radius 3 is 2.40 bits per heavy atom. The molecule has 2 saturated carbocycles. The number of rotatable bonds is 2. The van der Waals surface area contributed by atoms with E-state index in [1.807, 2.05) is 19.0 Å². The van der Waals surface area contributed by atoms with Crippen molar-refractivity contribution in [1.82, 2.24) is 15.1 Å². The predicted octanol–water partition coefficient (Wildman–Crippen LogP) is 2.44. The van der Waals surface area contributed by atoms with Crippen LogP contribution in [-0.4, -0.2) is 55.1 Å². The summed E-state index contributed by atoms with van der Waals surface area (Å²) in [6.07, 6.45) is 9.96. The highest BCUT2D eigenvalue weighted by atomic mass is 16.2. The molecule has 114 valence electrons. The van der Waals surface area contributed by atoms with E-state index in [1.54, 1.807) is 0 Å². The molecule has 1 aliphatic heterocycles. The van der Waals surface area contributed by atoms with Crippen LogP contribution in [0.5, 0.6) is 0 Å². The van der Waals surface area contributed by atoms with Crippen LogP contribution in [0, 0.1) is 5.41 Å². The SMILES string of the molecule is CN(C(=O)N(C)C1CCNCC12CC2)C1CCCCC1. The van der Waals surface area contributed by atoms with Crippen molar-refractivity contribution in [3.8, 4) is 0 Å². The van der Waals surface area contributed by atoms with Gasteiger partial charge in [-0.1, -0.05) is 19.3 Å². The van der Waals surface area contributed by atoms with Crippen LogP contribution in [-0.2, 0) is 0 Å². The van der Waals surface area contributed by atoms with E-state index in [9.17, 15) is 4.79 Å². The van der Waals surface area contributed by atoms with Crippen molar-refractivity contribution >= 4 is 6.03 Å². The van der Waals surface area contributed by atoms with Gasteiger partial charge in [0.15, 0.2) is 0 Å². The first-order valence-electron chi connectivity index (χ1n) is 8.34. The maximum atomic E-state index is 12.8. The Bertz CT molecular complexity index is 361. The Kier molecular flexibility index (Phi) is 3.93. The van der Waals surface area contributed by atoms with Crippen LogP contribution >= 0.6 is 0 Å². The third-order valence-electron chi connectivity index (χ3n) is 5.86. The maximum Gasteiger partial charge on any atom is 0.320 e. The first kappa shape index (κ1) is 14.2. The minimum Gasteiger partial charge on any atom is -0.325 e. The van der Waals surface area contributed by atoms with Gasteiger partial charge in [0.25, 0.3) is 0 Å².